The zero-order valence-corrected chi connectivity index (χ0v) is 9.13. The van der Waals surface area contributed by atoms with Crippen molar-refractivity contribution in [2.24, 2.45) is 5.92 Å². The number of aliphatic carboxylic acids is 1. The van der Waals surface area contributed by atoms with E-state index in [4.69, 9.17) is 5.11 Å². The Morgan fingerprint density at radius 2 is 2.21 bits per heavy atom. The zero-order valence-electron chi connectivity index (χ0n) is 8.31. The van der Waals surface area contributed by atoms with Crippen molar-refractivity contribution in [3.8, 4) is 0 Å². The van der Waals surface area contributed by atoms with E-state index < -0.39 is 12.0 Å². The molecule has 2 N–H and O–H groups in total. The summed E-state index contributed by atoms with van der Waals surface area (Å²) in [5.74, 6) is -0.199. The Labute approximate surface area is 86.3 Å². The summed E-state index contributed by atoms with van der Waals surface area (Å²) < 4.78 is 3.96. The first kappa shape index (κ1) is 10.9. The van der Waals surface area contributed by atoms with E-state index in [2.05, 4.69) is 14.7 Å². The van der Waals surface area contributed by atoms with Crippen LogP contribution in [0.2, 0.25) is 0 Å². The van der Waals surface area contributed by atoms with Crippen molar-refractivity contribution in [3.63, 3.8) is 0 Å². The van der Waals surface area contributed by atoms with E-state index >= 15 is 0 Å². The standard InChI is InChI=1S/C8H13N3O2S/c1-4(2)6(7(12)13)10-8-9-5(3)11-14-8/h4,6H,1-3H3,(H,12,13)(H,9,10,11)/t6-/m0/s1. The number of nitrogens with zero attached hydrogens (tertiary/aromatic N) is 2. The molecule has 1 aromatic heterocycles. The minimum atomic E-state index is -0.868. The van der Waals surface area contributed by atoms with Gasteiger partial charge in [-0.15, -0.1) is 0 Å². The van der Waals surface area contributed by atoms with Gasteiger partial charge < -0.3 is 10.4 Å². The van der Waals surface area contributed by atoms with E-state index in [9.17, 15) is 4.79 Å². The quantitative estimate of drug-likeness (QED) is 0.793. The Morgan fingerprint density at radius 3 is 2.57 bits per heavy atom. The van der Waals surface area contributed by atoms with Gasteiger partial charge in [0.05, 0.1) is 0 Å². The van der Waals surface area contributed by atoms with E-state index in [-0.39, 0.29) is 5.92 Å². The predicted molar refractivity (Wildman–Crippen MR) is 54.5 cm³/mol. The number of hydrogen-bond donors (Lipinski definition) is 2. The van der Waals surface area contributed by atoms with Crippen LogP contribution in [0.25, 0.3) is 0 Å². The fourth-order valence-corrected chi connectivity index (χ4v) is 1.61. The third-order valence-electron chi connectivity index (χ3n) is 1.74. The lowest BCUT2D eigenvalue weighted by atomic mass is 10.1. The summed E-state index contributed by atoms with van der Waals surface area (Å²) in [5, 5.41) is 12.3. The highest BCUT2D eigenvalue weighted by Crippen LogP contribution is 2.15. The van der Waals surface area contributed by atoms with Gasteiger partial charge in [0.25, 0.3) is 0 Å². The maximum absolute atomic E-state index is 10.8. The van der Waals surface area contributed by atoms with Crippen molar-refractivity contribution < 1.29 is 9.90 Å². The van der Waals surface area contributed by atoms with Gasteiger partial charge in [0.1, 0.15) is 11.9 Å². The molecule has 0 aliphatic rings. The molecule has 0 aromatic carbocycles. The molecule has 0 radical (unpaired) electrons. The van der Waals surface area contributed by atoms with E-state index in [1.807, 2.05) is 13.8 Å². The molecule has 0 aliphatic heterocycles. The smallest absolute Gasteiger partial charge is 0.326 e. The molecule has 0 saturated carbocycles. The van der Waals surface area contributed by atoms with Gasteiger partial charge in [0.2, 0.25) is 5.13 Å². The number of carboxylic acid groups (broad SMARTS) is 1. The number of rotatable bonds is 4. The van der Waals surface area contributed by atoms with Gasteiger partial charge in [-0.05, 0) is 12.8 Å². The molecule has 0 fully saturated rings. The summed E-state index contributed by atoms with van der Waals surface area (Å²) in [6, 6.07) is -0.609. The molecule has 0 aliphatic carbocycles. The molecule has 0 unspecified atom stereocenters. The van der Waals surface area contributed by atoms with Crippen molar-refractivity contribution in [3.05, 3.63) is 5.82 Å². The molecular weight excluding hydrogens is 202 g/mol. The van der Waals surface area contributed by atoms with Gasteiger partial charge in [-0.2, -0.15) is 4.37 Å². The molecule has 78 valence electrons. The van der Waals surface area contributed by atoms with Crippen LogP contribution in [-0.4, -0.2) is 26.5 Å². The number of hydrogen-bond acceptors (Lipinski definition) is 5. The lowest BCUT2D eigenvalue weighted by molar-refractivity contribution is -0.138. The van der Waals surface area contributed by atoms with Gasteiger partial charge >= 0.3 is 5.97 Å². The molecule has 1 rings (SSSR count). The lowest BCUT2D eigenvalue weighted by Crippen LogP contribution is -2.34. The second kappa shape index (κ2) is 4.36. The van der Waals surface area contributed by atoms with Crippen LogP contribution in [0.1, 0.15) is 19.7 Å². The van der Waals surface area contributed by atoms with Crippen LogP contribution >= 0.6 is 11.5 Å². The Kier molecular flexibility index (Phi) is 3.40. The number of nitrogens with one attached hydrogen (secondary N) is 1. The molecule has 1 atom stereocenters. The van der Waals surface area contributed by atoms with E-state index in [1.54, 1.807) is 6.92 Å². The van der Waals surface area contributed by atoms with Crippen LogP contribution in [0.3, 0.4) is 0 Å². The molecule has 1 aromatic rings. The molecule has 0 spiro atoms. The molecule has 5 nitrogen and oxygen atoms in total. The maximum Gasteiger partial charge on any atom is 0.326 e. The average molecular weight is 215 g/mol. The number of carbonyl (C=O) groups is 1. The van der Waals surface area contributed by atoms with Crippen LogP contribution < -0.4 is 5.32 Å². The second-order valence-corrected chi connectivity index (χ2v) is 4.10. The van der Waals surface area contributed by atoms with Crippen molar-refractivity contribution in [2.75, 3.05) is 5.32 Å². The predicted octanol–water partition coefficient (Wildman–Crippen LogP) is 1.37. The maximum atomic E-state index is 10.8. The molecule has 0 saturated heterocycles. The highest BCUT2D eigenvalue weighted by Gasteiger charge is 2.22. The summed E-state index contributed by atoms with van der Waals surface area (Å²) in [7, 11) is 0. The number of aryl methyl sites for hydroxylation is 1. The van der Waals surface area contributed by atoms with Gasteiger partial charge in [0, 0.05) is 11.5 Å². The molecule has 1 heterocycles. The molecular formula is C8H13N3O2S. The van der Waals surface area contributed by atoms with Crippen molar-refractivity contribution in [2.45, 2.75) is 26.8 Å². The van der Waals surface area contributed by atoms with Gasteiger partial charge in [-0.3, -0.25) is 0 Å². The zero-order chi connectivity index (χ0) is 10.7. The van der Waals surface area contributed by atoms with Crippen LogP contribution in [0, 0.1) is 12.8 Å². The van der Waals surface area contributed by atoms with Crippen LogP contribution in [0.15, 0.2) is 0 Å². The minimum Gasteiger partial charge on any atom is -0.480 e. The Morgan fingerprint density at radius 1 is 1.57 bits per heavy atom. The Hall–Kier alpha value is -1.17. The van der Waals surface area contributed by atoms with Crippen LogP contribution in [0.4, 0.5) is 5.13 Å². The number of anilines is 1. The fourth-order valence-electron chi connectivity index (χ4n) is 1.00. The first-order valence-corrected chi connectivity index (χ1v) is 5.07. The third kappa shape index (κ3) is 2.66. The second-order valence-electron chi connectivity index (χ2n) is 3.35. The molecule has 0 bridgehead atoms. The largest absolute Gasteiger partial charge is 0.480 e. The van der Waals surface area contributed by atoms with E-state index in [0.29, 0.717) is 11.0 Å². The highest BCUT2D eigenvalue weighted by molar-refractivity contribution is 7.09. The van der Waals surface area contributed by atoms with Gasteiger partial charge in [-0.1, -0.05) is 13.8 Å². The topological polar surface area (TPSA) is 75.1 Å². The first-order valence-electron chi connectivity index (χ1n) is 4.30. The highest BCUT2D eigenvalue weighted by atomic mass is 32.1. The number of carboxylic acids is 1. The fraction of sp³-hybridized carbons (Fsp3) is 0.625. The van der Waals surface area contributed by atoms with Gasteiger partial charge in [-0.25, -0.2) is 9.78 Å². The molecule has 6 heteroatoms. The van der Waals surface area contributed by atoms with Gasteiger partial charge in [0.15, 0.2) is 0 Å². The van der Waals surface area contributed by atoms with Crippen LogP contribution in [0.5, 0.6) is 0 Å². The summed E-state index contributed by atoms with van der Waals surface area (Å²) in [6.45, 7) is 5.46. The summed E-state index contributed by atoms with van der Waals surface area (Å²) in [5.41, 5.74) is 0. The van der Waals surface area contributed by atoms with E-state index in [1.165, 1.54) is 11.5 Å². The normalized spacial score (nSPS) is 12.9. The average Bonchev–Trinajstić information content (AvgIpc) is 2.46. The summed E-state index contributed by atoms with van der Waals surface area (Å²) in [4.78, 5) is 14.9. The monoisotopic (exact) mass is 215 g/mol. The first-order chi connectivity index (χ1) is 6.50. The minimum absolute atomic E-state index is 0.0108. The lowest BCUT2D eigenvalue weighted by Gasteiger charge is -2.16. The Balaban J connectivity index is 2.69. The third-order valence-corrected chi connectivity index (χ3v) is 2.48. The Bertz CT molecular complexity index is 324. The number of aromatic nitrogens is 2. The summed E-state index contributed by atoms with van der Waals surface area (Å²) >= 11 is 1.18. The van der Waals surface area contributed by atoms with Crippen molar-refractivity contribution in [1.82, 2.24) is 9.36 Å². The SMILES string of the molecule is Cc1nsc(N[C@H](C(=O)O)C(C)C)n1. The molecule has 14 heavy (non-hydrogen) atoms. The van der Waals surface area contributed by atoms with Crippen molar-refractivity contribution >= 4 is 22.6 Å². The molecule has 0 amide bonds. The van der Waals surface area contributed by atoms with Crippen molar-refractivity contribution in [1.29, 1.82) is 0 Å². The summed E-state index contributed by atoms with van der Waals surface area (Å²) in [6.07, 6.45) is 0. The van der Waals surface area contributed by atoms with E-state index in [0.717, 1.165) is 0 Å². The van der Waals surface area contributed by atoms with Crippen LogP contribution in [-0.2, 0) is 4.79 Å².